The topological polar surface area (TPSA) is 46.5 Å². The van der Waals surface area contributed by atoms with E-state index in [1.165, 1.54) is 0 Å². The monoisotopic (exact) mass is 199 g/mol. The quantitative estimate of drug-likeness (QED) is 0.758. The van der Waals surface area contributed by atoms with Gasteiger partial charge >= 0.3 is 13.9 Å². The Kier molecular flexibility index (Phi) is 3.87. The van der Waals surface area contributed by atoms with E-state index < -0.39 is 13.9 Å². The number of hydrogen-bond donors (Lipinski definition) is 1. The molecule has 4 heteroatoms. The summed E-state index contributed by atoms with van der Waals surface area (Å²) in [6, 6.07) is 9.05. The zero-order valence-electron chi connectivity index (χ0n) is 7.38. The van der Waals surface area contributed by atoms with Gasteiger partial charge in [0.15, 0.2) is 0 Å². The van der Waals surface area contributed by atoms with Crippen molar-refractivity contribution in [3.63, 3.8) is 0 Å². The highest BCUT2D eigenvalue weighted by atomic mass is 31.1. The molecule has 1 N–H and O–H groups in total. The van der Waals surface area contributed by atoms with E-state index in [1.807, 2.05) is 25.1 Å². The van der Waals surface area contributed by atoms with Crippen molar-refractivity contribution in [3.8, 4) is 5.75 Å². The predicted octanol–water partition coefficient (Wildman–Crippen LogP) is 2.54. The van der Waals surface area contributed by atoms with E-state index in [2.05, 4.69) is 0 Å². The van der Waals surface area contributed by atoms with Gasteiger partial charge < -0.3 is 4.74 Å². The standard InChI is InChI=1S/C9H11O3P/c1-2-9(13(10)11)12-8-6-4-3-5-7-8/h3-7,9H,2H2,1H3/p+1. The maximum atomic E-state index is 10.8. The molecule has 0 saturated carbocycles. The van der Waals surface area contributed by atoms with E-state index >= 15 is 0 Å². The lowest BCUT2D eigenvalue weighted by atomic mass is 10.3. The first-order valence-corrected chi connectivity index (χ1v) is 5.39. The Labute approximate surface area is 78.2 Å². The highest BCUT2D eigenvalue weighted by molar-refractivity contribution is 7.38. The van der Waals surface area contributed by atoms with E-state index in [-0.39, 0.29) is 0 Å². The van der Waals surface area contributed by atoms with Crippen molar-refractivity contribution in [3.05, 3.63) is 30.3 Å². The second-order valence-corrected chi connectivity index (χ2v) is 3.78. The first kappa shape index (κ1) is 10.2. The zero-order chi connectivity index (χ0) is 9.68. The summed E-state index contributed by atoms with van der Waals surface area (Å²) in [4.78, 5) is 8.86. The number of ether oxygens (including phenoxy) is 1. The van der Waals surface area contributed by atoms with Crippen LogP contribution in [0.3, 0.4) is 0 Å². The minimum atomic E-state index is -2.26. The van der Waals surface area contributed by atoms with E-state index in [9.17, 15) is 4.57 Å². The van der Waals surface area contributed by atoms with Gasteiger partial charge in [-0.25, -0.2) is 0 Å². The van der Waals surface area contributed by atoms with E-state index in [0.29, 0.717) is 12.2 Å². The van der Waals surface area contributed by atoms with Crippen molar-refractivity contribution >= 4 is 8.03 Å². The van der Waals surface area contributed by atoms with Gasteiger partial charge in [0.1, 0.15) is 5.75 Å². The number of rotatable bonds is 4. The van der Waals surface area contributed by atoms with Gasteiger partial charge in [0.2, 0.25) is 0 Å². The largest absolute Gasteiger partial charge is 0.550 e. The lowest BCUT2D eigenvalue weighted by Gasteiger charge is -2.05. The molecule has 1 aromatic rings. The van der Waals surface area contributed by atoms with Gasteiger partial charge in [0, 0.05) is 6.42 Å². The third kappa shape index (κ3) is 3.13. The van der Waals surface area contributed by atoms with Gasteiger partial charge in [-0.2, -0.15) is 4.89 Å². The van der Waals surface area contributed by atoms with Gasteiger partial charge in [0.25, 0.3) is 0 Å². The van der Waals surface area contributed by atoms with Crippen molar-refractivity contribution in [2.45, 2.75) is 19.2 Å². The molecule has 2 unspecified atom stereocenters. The van der Waals surface area contributed by atoms with Gasteiger partial charge in [-0.05, 0) is 16.7 Å². The van der Waals surface area contributed by atoms with Crippen LogP contribution in [-0.4, -0.2) is 10.7 Å². The molecule has 0 aromatic heterocycles. The molecule has 70 valence electrons. The number of hydrogen-bond acceptors (Lipinski definition) is 2. The third-order valence-electron chi connectivity index (χ3n) is 1.61. The van der Waals surface area contributed by atoms with Crippen molar-refractivity contribution < 1.29 is 14.2 Å². The molecule has 0 aliphatic carbocycles. The fraction of sp³-hybridized carbons (Fsp3) is 0.333. The van der Waals surface area contributed by atoms with Crippen molar-refractivity contribution in [1.82, 2.24) is 0 Å². The van der Waals surface area contributed by atoms with Crippen molar-refractivity contribution in [2.75, 3.05) is 0 Å². The molecule has 0 saturated heterocycles. The highest BCUT2D eigenvalue weighted by Gasteiger charge is 2.28. The van der Waals surface area contributed by atoms with Gasteiger partial charge in [0.05, 0.1) is 0 Å². The van der Waals surface area contributed by atoms with Crippen LogP contribution in [0.25, 0.3) is 0 Å². The molecular formula is C9H12O3P+. The summed E-state index contributed by atoms with van der Waals surface area (Å²) in [6.07, 6.45) is 0.528. The second-order valence-electron chi connectivity index (χ2n) is 2.60. The first-order valence-electron chi connectivity index (χ1n) is 4.11. The smallest absolute Gasteiger partial charge is 0.444 e. The Hall–Kier alpha value is -0.920. The molecular weight excluding hydrogens is 187 g/mol. The SMILES string of the molecule is CCC(Oc1ccccc1)[P+](=O)O. The molecule has 0 fully saturated rings. The van der Waals surface area contributed by atoms with E-state index in [0.717, 1.165) is 0 Å². The summed E-state index contributed by atoms with van der Waals surface area (Å²) in [6.45, 7) is 1.82. The summed E-state index contributed by atoms with van der Waals surface area (Å²) in [7, 11) is -2.26. The van der Waals surface area contributed by atoms with Crippen LogP contribution in [0.5, 0.6) is 5.75 Å². The summed E-state index contributed by atoms with van der Waals surface area (Å²) in [5.74, 6) is 0.0316. The van der Waals surface area contributed by atoms with E-state index in [4.69, 9.17) is 9.63 Å². The second kappa shape index (κ2) is 4.95. The van der Waals surface area contributed by atoms with Crippen LogP contribution < -0.4 is 4.74 Å². The number of para-hydroxylation sites is 1. The Morgan fingerprint density at radius 1 is 1.46 bits per heavy atom. The van der Waals surface area contributed by atoms with Crippen LogP contribution in [0.2, 0.25) is 0 Å². The van der Waals surface area contributed by atoms with Gasteiger partial charge in [-0.1, -0.05) is 25.1 Å². The Balaban J connectivity index is 2.62. The normalized spacial score (nSPS) is 13.5. The Morgan fingerprint density at radius 3 is 2.54 bits per heavy atom. The molecule has 0 aliphatic heterocycles. The molecule has 2 atom stereocenters. The molecule has 3 nitrogen and oxygen atoms in total. The molecule has 0 radical (unpaired) electrons. The summed E-state index contributed by atoms with van der Waals surface area (Å²) < 4.78 is 16.0. The molecule has 0 spiro atoms. The molecule has 1 rings (SSSR count). The maximum absolute atomic E-state index is 10.8. The summed E-state index contributed by atoms with van der Waals surface area (Å²) >= 11 is 0. The lowest BCUT2D eigenvalue weighted by Crippen LogP contribution is -2.09. The lowest BCUT2D eigenvalue weighted by molar-refractivity contribution is 0.257. The molecule has 1 aromatic carbocycles. The molecule has 0 aliphatic rings. The minimum Gasteiger partial charge on any atom is -0.444 e. The van der Waals surface area contributed by atoms with Gasteiger partial charge in [-0.15, -0.1) is 0 Å². The summed E-state index contributed by atoms with van der Waals surface area (Å²) in [5.41, 5.74) is 0. The zero-order valence-corrected chi connectivity index (χ0v) is 8.28. The van der Waals surface area contributed by atoms with E-state index in [1.54, 1.807) is 12.1 Å². The summed E-state index contributed by atoms with van der Waals surface area (Å²) in [5, 5.41) is 0. The van der Waals surface area contributed by atoms with Crippen LogP contribution in [0, 0.1) is 0 Å². The first-order chi connectivity index (χ1) is 6.24. The fourth-order valence-corrected chi connectivity index (χ4v) is 1.47. The molecule has 13 heavy (non-hydrogen) atoms. The average Bonchev–Trinajstić information content (AvgIpc) is 2.15. The molecule has 0 bridgehead atoms. The third-order valence-corrected chi connectivity index (χ3v) is 2.57. The minimum absolute atomic E-state index is 0.528. The predicted molar refractivity (Wildman–Crippen MR) is 51.0 cm³/mol. The molecule has 0 heterocycles. The van der Waals surface area contributed by atoms with Crippen LogP contribution >= 0.6 is 8.03 Å². The van der Waals surface area contributed by atoms with Crippen LogP contribution in [0.15, 0.2) is 30.3 Å². The maximum Gasteiger partial charge on any atom is 0.550 e. The van der Waals surface area contributed by atoms with Crippen molar-refractivity contribution in [2.24, 2.45) is 0 Å². The fourth-order valence-electron chi connectivity index (χ4n) is 0.941. The average molecular weight is 199 g/mol. The van der Waals surface area contributed by atoms with Crippen LogP contribution in [0.1, 0.15) is 13.3 Å². The van der Waals surface area contributed by atoms with Crippen molar-refractivity contribution in [1.29, 1.82) is 0 Å². The molecule has 0 amide bonds. The Morgan fingerprint density at radius 2 is 2.08 bits per heavy atom. The van der Waals surface area contributed by atoms with Crippen LogP contribution in [0.4, 0.5) is 0 Å². The highest BCUT2D eigenvalue weighted by Crippen LogP contribution is 2.27. The Bertz CT molecular complexity index is 273. The van der Waals surface area contributed by atoms with Crippen LogP contribution in [-0.2, 0) is 4.57 Å². The van der Waals surface area contributed by atoms with Gasteiger partial charge in [-0.3, -0.25) is 0 Å². The number of benzene rings is 1.